The highest BCUT2D eigenvalue weighted by molar-refractivity contribution is 5.91. The zero-order valence-electron chi connectivity index (χ0n) is 16.1. The van der Waals surface area contributed by atoms with E-state index < -0.39 is 0 Å². The molecule has 1 heterocycles. The average Bonchev–Trinajstić information content (AvgIpc) is 2.60. The predicted octanol–water partition coefficient (Wildman–Crippen LogP) is 4.24. The zero-order chi connectivity index (χ0) is 19.4. The summed E-state index contributed by atoms with van der Waals surface area (Å²) in [6.45, 7) is 6.83. The van der Waals surface area contributed by atoms with E-state index in [2.05, 4.69) is 17.9 Å². The third kappa shape index (κ3) is 4.51. The molecule has 1 aromatic heterocycles. The number of rotatable bonds is 4. The quantitative estimate of drug-likeness (QED) is 0.515. The molecule has 0 spiro atoms. The number of para-hydroxylation sites is 1. The molecule has 0 radical (unpaired) electrons. The molecule has 3 aromatic rings. The van der Waals surface area contributed by atoms with Gasteiger partial charge in [0.05, 0.1) is 12.2 Å². The Morgan fingerprint density at radius 3 is 2.52 bits per heavy atom. The summed E-state index contributed by atoms with van der Waals surface area (Å²) in [6, 6.07) is 13.5. The van der Waals surface area contributed by atoms with Gasteiger partial charge in [0.2, 0.25) is 0 Å². The maximum atomic E-state index is 11.9. The van der Waals surface area contributed by atoms with Crippen molar-refractivity contribution in [2.24, 2.45) is 0 Å². The van der Waals surface area contributed by atoms with Crippen molar-refractivity contribution in [2.45, 2.75) is 20.8 Å². The monoisotopic (exact) mass is 361 g/mol. The SMILES string of the molecule is Cc1cc(C)cc(OCC#CCN(C)c2cc(=O)oc3c(C)cccc23)c1. The summed E-state index contributed by atoms with van der Waals surface area (Å²) in [7, 11) is 1.91. The fourth-order valence-electron chi connectivity index (χ4n) is 3.07. The van der Waals surface area contributed by atoms with Crippen molar-refractivity contribution in [3.8, 4) is 17.6 Å². The number of fused-ring (bicyclic) bond motifs is 1. The molecule has 0 unspecified atom stereocenters. The largest absolute Gasteiger partial charge is 0.481 e. The molecule has 138 valence electrons. The molecule has 4 heteroatoms. The molecule has 0 amide bonds. The first-order chi connectivity index (χ1) is 12.9. The molecule has 0 bridgehead atoms. The van der Waals surface area contributed by atoms with Gasteiger partial charge in [-0.25, -0.2) is 4.79 Å². The molecule has 0 aliphatic carbocycles. The van der Waals surface area contributed by atoms with Crippen molar-refractivity contribution in [2.75, 3.05) is 25.1 Å². The van der Waals surface area contributed by atoms with Gasteiger partial charge in [-0.3, -0.25) is 0 Å². The van der Waals surface area contributed by atoms with Crippen LogP contribution in [0.15, 0.2) is 51.7 Å². The third-order valence-electron chi connectivity index (χ3n) is 4.30. The lowest BCUT2D eigenvalue weighted by molar-refractivity contribution is 0.369. The molecule has 0 aliphatic heterocycles. The van der Waals surface area contributed by atoms with Crippen molar-refractivity contribution in [3.63, 3.8) is 0 Å². The Kier molecular flexibility index (Phi) is 5.52. The Morgan fingerprint density at radius 2 is 1.78 bits per heavy atom. The minimum Gasteiger partial charge on any atom is -0.481 e. The summed E-state index contributed by atoms with van der Waals surface area (Å²) < 4.78 is 11.1. The van der Waals surface area contributed by atoms with Gasteiger partial charge in [-0.05, 0) is 55.7 Å². The van der Waals surface area contributed by atoms with Gasteiger partial charge in [0.1, 0.15) is 17.9 Å². The normalized spacial score (nSPS) is 10.4. The molecule has 0 atom stereocenters. The van der Waals surface area contributed by atoms with Gasteiger partial charge in [-0.15, -0.1) is 0 Å². The van der Waals surface area contributed by atoms with Gasteiger partial charge >= 0.3 is 5.63 Å². The van der Waals surface area contributed by atoms with E-state index in [-0.39, 0.29) is 5.63 Å². The van der Waals surface area contributed by atoms with Crippen LogP contribution in [0.1, 0.15) is 16.7 Å². The van der Waals surface area contributed by atoms with Crippen LogP contribution in [-0.4, -0.2) is 20.2 Å². The van der Waals surface area contributed by atoms with Gasteiger partial charge in [0, 0.05) is 18.5 Å². The number of hydrogen-bond donors (Lipinski definition) is 0. The standard InChI is InChI=1S/C23H23NO3/c1-16-12-17(2)14-19(13-16)26-11-6-5-10-24(4)21-15-22(25)27-23-18(3)8-7-9-20(21)23/h7-9,12-15H,10-11H2,1-4H3. The fraction of sp³-hybridized carbons (Fsp3) is 0.261. The summed E-state index contributed by atoms with van der Waals surface area (Å²) in [5.74, 6) is 6.96. The van der Waals surface area contributed by atoms with Crippen LogP contribution in [0.5, 0.6) is 5.75 Å². The second-order valence-electron chi connectivity index (χ2n) is 6.72. The van der Waals surface area contributed by atoms with Crippen molar-refractivity contribution >= 4 is 16.7 Å². The molecule has 0 saturated carbocycles. The lowest BCUT2D eigenvalue weighted by Gasteiger charge is -2.18. The van der Waals surface area contributed by atoms with Crippen molar-refractivity contribution in [3.05, 3.63) is 69.6 Å². The topological polar surface area (TPSA) is 42.7 Å². The van der Waals surface area contributed by atoms with E-state index in [4.69, 9.17) is 9.15 Å². The van der Waals surface area contributed by atoms with Crippen LogP contribution in [0.4, 0.5) is 5.69 Å². The smallest absolute Gasteiger partial charge is 0.338 e. The first kappa shape index (κ1) is 18.6. The Hall–Kier alpha value is -3.19. The van der Waals surface area contributed by atoms with E-state index in [1.165, 1.54) is 17.2 Å². The minimum absolute atomic E-state index is 0.327. The maximum Gasteiger partial charge on any atom is 0.338 e. The van der Waals surface area contributed by atoms with E-state index >= 15 is 0 Å². The summed E-state index contributed by atoms with van der Waals surface area (Å²) >= 11 is 0. The van der Waals surface area contributed by atoms with Gasteiger partial charge in [-0.2, -0.15) is 0 Å². The highest BCUT2D eigenvalue weighted by Crippen LogP contribution is 2.26. The van der Waals surface area contributed by atoms with Gasteiger partial charge in [0.15, 0.2) is 0 Å². The predicted molar refractivity (Wildman–Crippen MR) is 110 cm³/mol. The molecule has 0 fully saturated rings. The molecule has 27 heavy (non-hydrogen) atoms. The van der Waals surface area contributed by atoms with Crippen LogP contribution in [0, 0.1) is 32.6 Å². The number of aryl methyl sites for hydroxylation is 3. The number of ether oxygens (including phenoxy) is 1. The minimum atomic E-state index is -0.357. The maximum absolute atomic E-state index is 11.9. The number of anilines is 1. The fourth-order valence-corrected chi connectivity index (χ4v) is 3.07. The molecule has 0 saturated heterocycles. The summed E-state index contributed by atoms with van der Waals surface area (Å²) in [4.78, 5) is 13.8. The van der Waals surface area contributed by atoms with E-state index in [9.17, 15) is 4.79 Å². The third-order valence-corrected chi connectivity index (χ3v) is 4.30. The Balaban J connectivity index is 1.69. The van der Waals surface area contributed by atoms with Crippen LogP contribution in [-0.2, 0) is 0 Å². The van der Waals surface area contributed by atoms with E-state index in [1.807, 2.05) is 63.1 Å². The highest BCUT2D eigenvalue weighted by Gasteiger charge is 2.10. The van der Waals surface area contributed by atoms with Gasteiger partial charge in [-0.1, -0.05) is 30.0 Å². The molecule has 2 aromatic carbocycles. The number of nitrogens with zero attached hydrogens (tertiary/aromatic N) is 1. The van der Waals surface area contributed by atoms with Crippen LogP contribution in [0.3, 0.4) is 0 Å². The van der Waals surface area contributed by atoms with Gasteiger partial charge in [0.25, 0.3) is 0 Å². The van der Waals surface area contributed by atoms with Crippen molar-refractivity contribution in [1.29, 1.82) is 0 Å². The molecule has 4 nitrogen and oxygen atoms in total. The van der Waals surface area contributed by atoms with Crippen molar-refractivity contribution < 1.29 is 9.15 Å². The van der Waals surface area contributed by atoms with Crippen molar-refractivity contribution in [1.82, 2.24) is 0 Å². The Morgan fingerprint density at radius 1 is 1.04 bits per heavy atom. The van der Waals surface area contributed by atoms with Crippen LogP contribution >= 0.6 is 0 Å². The lowest BCUT2D eigenvalue weighted by Crippen LogP contribution is -2.19. The Labute approximate surface area is 159 Å². The first-order valence-electron chi connectivity index (χ1n) is 8.85. The van der Waals surface area contributed by atoms with E-state index in [0.717, 1.165) is 22.4 Å². The average molecular weight is 361 g/mol. The summed E-state index contributed by atoms with van der Waals surface area (Å²) in [5, 5.41) is 0.908. The van der Waals surface area contributed by atoms with E-state index in [0.29, 0.717) is 18.7 Å². The Bertz CT molecular complexity index is 1070. The summed E-state index contributed by atoms with van der Waals surface area (Å²) in [5.41, 5.74) is 4.36. The second-order valence-corrected chi connectivity index (χ2v) is 6.72. The van der Waals surface area contributed by atoms with E-state index in [1.54, 1.807) is 0 Å². The lowest BCUT2D eigenvalue weighted by atomic mass is 10.1. The number of hydrogen-bond acceptors (Lipinski definition) is 4. The number of benzene rings is 2. The summed E-state index contributed by atoms with van der Waals surface area (Å²) in [6.07, 6.45) is 0. The first-order valence-corrected chi connectivity index (χ1v) is 8.85. The molecule has 3 rings (SSSR count). The van der Waals surface area contributed by atoms with Gasteiger partial charge < -0.3 is 14.1 Å². The molecular weight excluding hydrogens is 338 g/mol. The van der Waals surface area contributed by atoms with Crippen LogP contribution in [0.2, 0.25) is 0 Å². The zero-order valence-corrected chi connectivity index (χ0v) is 16.1. The highest BCUT2D eigenvalue weighted by atomic mass is 16.5. The molecule has 0 N–H and O–H groups in total. The van der Waals surface area contributed by atoms with Crippen LogP contribution < -0.4 is 15.3 Å². The molecular formula is C23H23NO3. The second kappa shape index (κ2) is 8.01. The van der Waals surface area contributed by atoms with Crippen LogP contribution in [0.25, 0.3) is 11.0 Å². The molecule has 0 aliphatic rings.